The number of amides is 1. The van der Waals surface area contributed by atoms with Crippen molar-refractivity contribution in [2.45, 2.75) is 13.1 Å². The fourth-order valence-electron chi connectivity index (χ4n) is 2.70. The molecule has 0 aliphatic carbocycles. The Morgan fingerprint density at radius 1 is 1.11 bits per heavy atom. The molecule has 0 saturated heterocycles. The Labute approximate surface area is 159 Å². The highest BCUT2D eigenvalue weighted by Gasteiger charge is 2.11. The predicted molar refractivity (Wildman–Crippen MR) is 102 cm³/mol. The highest BCUT2D eigenvalue weighted by atomic mass is 19.1. The second kappa shape index (κ2) is 8.34. The summed E-state index contributed by atoms with van der Waals surface area (Å²) in [6, 6.07) is 13.7. The van der Waals surface area contributed by atoms with Crippen molar-refractivity contribution >= 4 is 11.6 Å². The number of ether oxygens (including phenoxy) is 1. The van der Waals surface area contributed by atoms with E-state index in [1.54, 1.807) is 30.3 Å². The first-order valence-corrected chi connectivity index (χ1v) is 8.45. The van der Waals surface area contributed by atoms with Crippen LogP contribution in [0.2, 0.25) is 0 Å². The van der Waals surface area contributed by atoms with Crippen molar-refractivity contribution < 1.29 is 13.9 Å². The minimum absolute atomic E-state index is 0.0778. The third-order valence-electron chi connectivity index (χ3n) is 4.04. The molecule has 0 fully saturated rings. The molecule has 3 aromatic rings. The van der Waals surface area contributed by atoms with Crippen LogP contribution in [-0.4, -0.2) is 22.2 Å². The summed E-state index contributed by atoms with van der Waals surface area (Å²) in [5, 5.41) is 2.62. The van der Waals surface area contributed by atoms with E-state index in [1.807, 2.05) is 0 Å². The first-order valence-electron chi connectivity index (χ1n) is 8.45. The summed E-state index contributed by atoms with van der Waals surface area (Å²) in [4.78, 5) is 37.0. The summed E-state index contributed by atoms with van der Waals surface area (Å²) in [5.41, 5.74) is -0.208. The Morgan fingerprint density at radius 2 is 1.89 bits per heavy atom. The van der Waals surface area contributed by atoms with Crippen LogP contribution in [0.25, 0.3) is 0 Å². The van der Waals surface area contributed by atoms with Gasteiger partial charge in [0.25, 0.3) is 5.56 Å². The zero-order chi connectivity index (χ0) is 20.1. The lowest BCUT2D eigenvalue weighted by atomic mass is 10.2. The van der Waals surface area contributed by atoms with Crippen LogP contribution >= 0.6 is 0 Å². The van der Waals surface area contributed by atoms with Gasteiger partial charge >= 0.3 is 5.69 Å². The highest BCUT2D eigenvalue weighted by Crippen LogP contribution is 2.16. The van der Waals surface area contributed by atoms with Crippen LogP contribution < -0.4 is 21.3 Å². The summed E-state index contributed by atoms with van der Waals surface area (Å²) in [5.74, 6) is -0.389. The van der Waals surface area contributed by atoms with Crippen LogP contribution in [0.15, 0.2) is 70.4 Å². The Kier molecular flexibility index (Phi) is 5.69. The fourth-order valence-corrected chi connectivity index (χ4v) is 2.70. The lowest BCUT2D eigenvalue weighted by molar-refractivity contribution is -0.116. The van der Waals surface area contributed by atoms with Crippen molar-refractivity contribution in [3.63, 3.8) is 0 Å². The maximum Gasteiger partial charge on any atom is 0.331 e. The number of rotatable bonds is 6. The van der Waals surface area contributed by atoms with Gasteiger partial charge in [-0.2, -0.15) is 0 Å². The van der Waals surface area contributed by atoms with Gasteiger partial charge in [0.2, 0.25) is 5.91 Å². The predicted octanol–water partition coefficient (Wildman–Crippen LogP) is 1.84. The van der Waals surface area contributed by atoms with Crippen LogP contribution in [0, 0.1) is 5.82 Å². The molecule has 1 amide bonds. The molecule has 1 heterocycles. The SMILES string of the molecule is COc1cccc(NC(=O)Cn2c(=O)ccn(Cc3cccc(F)c3)c2=O)c1. The molecule has 8 heteroatoms. The van der Waals surface area contributed by atoms with Crippen molar-refractivity contribution in [2.24, 2.45) is 0 Å². The Hall–Kier alpha value is -3.68. The molecule has 0 unspecified atom stereocenters. The van der Waals surface area contributed by atoms with Gasteiger partial charge < -0.3 is 10.1 Å². The van der Waals surface area contributed by atoms with Crippen molar-refractivity contribution in [3.8, 4) is 5.75 Å². The summed E-state index contributed by atoms with van der Waals surface area (Å²) in [6.07, 6.45) is 1.33. The zero-order valence-electron chi connectivity index (χ0n) is 15.1. The molecule has 0 aliphatic rings. The van der Waals surface area contributed by atoms with Gasteiger partial charge in [-0.15, -0.1) is 0 Å². The number of halogens is 1. The molecule has 0 aliphatic heterocycles. The molecule has 28 heavy (non-hydrogen) atoms. The second-order valence-electron chi connectivity index (χ2n) is 6.06. The van der Waals surface area contributed by atoms with Gasteiger partial charge in [-0.05, 0) is 29.8 Å². The number of carbonyl (C=O) groups excluding carboxylic acids is 1. The molecule has 3 rings (SSSR count). The highest BCUT2D eigenvalue weighted by molar-refractivity contribution is 5.90. The van der Waals surface area contributed by atoms with E-state index < -0.39 is 29.5 Å². The number of hydrogen-bond acceptors (Lipinski definition) is 4. The quantitative estimate of drug-likeness (QED) is 0.704. The molecule has 0 atom stereocenters. The molecule has 0 saturated carbocycles. The first-order chi connectivity index (χ1) is 13.5. The number of carbonyl (C=O) groups is 1. The molecular weight excluding hydrogens is 365 g/mol. The maximum absolute atomic E-state index is 13.3. The molecule has 0 bridgehead atoms. The summed E-state index contributed by atoms with van der Waals surface area (Å²) >= 11 is 0. The summed E-state index contributed by atoms with van der Waals surface area (Å²) < 4.78 is 20.5. The topological polar surface area (TPSA) is 82.3 Å². The number of nitrogens with one attached hydrogen (secondary N) is 1. The lowest BCUT2D eigenvalue weighted by Gasteiger charge is -2.11. The van der Waals surface area contributed by atoms with Crippen LogP contribution in [0.3, 0.4) is 0 Å². The zero-order valence-corrected chi connectivity index (χ0v) is 15.1. The van der Waals surface area contributed by atoms with Crippen molar-refractivity contribution in [1.29, 1.82) is 0 Å². The average Bonchev–Trinajstić information content (AvgIpc) is 2.67. The van der Waals surface area contributed by atoms with E-state index in [9.17, 15) is 18.8 Å². The van der Waals surface area contributed by atoms with Crippen LogP contribution in [-0.2, 0) is 17.9 Å². The molecule has 0 radical (unpaired) electrons. The van der Waals surface area contributed by atoms with Gasteiger partial charge in [-0.25, -0.2) is 9.18 Å². The number of aromatic nitrogens is 2. The summed E-state index contributed by atoms with van der Waals surface area (Å²) in [6.45, 7) is -0.368. The largest absolute Gasteiger partial charge is 0.497 e. The number of benzene rings is 2. The molecule has 1 N–H and O–H groups in total. The maximum atomic E-state index is 13.3. The van der Waals surface area contributed by atoms with E-state index in [4.69, 9.17) is 4.74 Å². The average molecular weight is 383 g/mol. The van der Waals surface area contributed by atoms with Gasteiger partial charge in [0.15, 0.2) is 0 Å². The number of nitrogens with zero attached hydrogens (tertiary/aromatic N) is 2. The minimum Gasteiger partial charge on any atom is -0.497 e. The molecule has 2 aromatic carbocycles. The Balaban J connectivity index is 1.80. The van der Waals surface area contributed by atoms with Crippen molar-refractivity contribution in [3.05, 3.63) is 93.0 Å². The van der Waals surface area contributed by atoms with E-state index in [2.05, 4.69) is 5.32 Å². The lowest BCUT2D eigenvalue weighted by Crippen LogP contribution is -2.41. The third-order valence-corrected chi connectivity index (χ3v) is 4.04. The minimum atomic E-state index is -0.655. The van der Waals surface area contributed by atoms with E-state index in [0.29, 0.717) is 17.0 Å². The van der Waals surface area contributed by atoms with Crippen molar-refractivity contribution in [1.82, 2.24) is 9.13 Å². The molecule has 144 valence electrons. The van der Waals surface area contributed by atoms with Crippen LogP contribution in [0.5, 0.6) is 5.75 Å². The van der Waals surface area contributed by atoms with Gasteiger partial charge in [-0.1, -0.05) is 18.2 Å². The van der Waals surface area contributed by atoms with Gasteiger partial charge in [0.1, 0.15) is 18.1 Å². The van der Waals surface area contributed by atoms with Crippen LogP contribution in [0.4, 0.5) is 10.1 Å². The first kappa shape index (κ1) is 19.1. The van der Waals surface area contributed by atoms with E-state index in [0.717, 1.165) is 4.57 Å². The number of anilines is 1. The smallest absolute Gasteiger partial charge is 0.331 e. The van der Waals surface area contributed by atoms with Gasteiger partial charge in [-0.3, -0.25) is 18.7 Å². The fraction of sp³-hybridized carbons (Fsp3) is 0.150. The van der Waals surface area contributed by atoms with Crippen molar-refractivity contribution in [2.75, 3.05) is 12.4 Å². The third kappa shape index (κ3) is 4.53. The van der Waals surface area contributed by atoms with E-state index in [1.165, 1.54) is 42.1 Å². The Morgan fingerprint density at radius 3 is 2.64 bits per heavy atom. The second-order valence-corrected chi connectivity index (χ2v) is 6.06. The van der Waals surface area contributed by atoms with E-state index in [-0.39, 0.29) is 6.54 Å². The van der Waals surface area contributed by atoms with Gasteiger partial charge in [0.05, 0.1) is 13.7 Å². The monoisotopic (exact) mass is 383 g/mol. The molecule has 0 spiro atoms. The van der Waals surface area contributed by atoms with E-state index >= 15 is 0 Å². The van der Waals surface area contributed by atoms with Gasteiger partial charge in [0, 0.05) is 24.0 Å². The van der Waals surface area contributed by atoms with Crippen LogP contribution in [0.1, 0.15) is 5.56 Å². The summed E-state index contributed by atoms with van der Waals surface area (Å²) in [7, 11) is 1.51. The molecule has 1 aromatic heterocycles. The normalized spacial score (nSPS) is 10.5. The number of hydrogen-bond donors (Lipinski definition) is 1. The molecular formula is C20H18FN3O4. The number of methoxy groups -OCH3 is 1. The molecule has 7 nitrogen and oxygen atoms in total. The Bertz CT molecular complexity index is 1120. The standard InChI is InChI=1S/C20H18FN3O4/c1-28-17-7-3-6-16(11-17)22-18(25)13-24-19(26)8-9-23(20(24)27)12-14-4-2-5-15(21)10-14/h2-11H,12-13H2,1H3,(H,22,25).